The fraction of sp³-hybridized carbons (Fsp3) is 0.133. The van der Waals surface area contributed by atoms with Gasteiger partial charge in [-0.1, -0.05) is 11.6 Å². The summed E-state index contributed by atoms with van der Waals surface area (Å²) in [4.78, 5) is 7.46. The Hall–Kier alpha value is -2.07. The number of aromatic amines is 1. The lowest BCUT2D eigenvalue weighted by Crippen LogP contribution is -2.04. The number of hydrogen-bond acceptors (Lipinski definition) is 2. The average Bonchev–Trinajstić information content (AvgIpc) is 2.84. The van der Waals surface area contributed by atoms with E-state index in [1.807, 2.05) is 6.92 Å². The topological polar surface area (TPSA) is 37.9 Å². The van der Waals surface area contributed by atoms with Crippen LogP contribution in [0, 0.1) is 5.82 Å². The normalized spacial score (nSPS) is 12.6. The molecule has 0 unspecified atom stereocenters. The van der Waals surface area contributed by atoms with Crippen LogP contribution >= 0.6 is 11.6 Å². The minimum absolute atomic E-state index is 0.272. The van der Waals surface area contributed by atoms with Gasteiger partial charge >= 0.3 is 0 Å². The predicted octanol–water partition coefficient (Wildman–Crippen LogP) is 4.50. The van der Waals surface area contributed by atoms with Crippen molar-refractivity contribution in [3.63, 3.8) is 0 Å². The van der Waals surface area contributed by atoms with Crippen LogP contribution in [0.5, 0.6) is 5.75 Å². The highest BCUT2D eigenvalue weighted by Crippen LogP contribution is 2.23. The molecule has 0 aliphatic heterocycles. The molecule has 102 valence electrons. The lowest BCUT2D eigenvalue weighted by Gasteiger charge is -2.12. The Balaban J connectivity index is 1.84. The van der Waals surface area contributed by atoms with Gasteiger partial charge in [0.2, 0.25) is 0 Å². The van der Waals surface area contributed by atoms with Crippen LogP contribution in [0.2, 0.25) is 5.02 Å². The van der Waals surface area contributed by atoms with E-state index < -0.39 is 0 Å². The maximum absolute atomic E-state index is 13.1. The van der Waals surface area contributed by atoms with Crippen molar-refractivity contribution >= 4 is 22.6 Å². The maximum Gasteiger partial charge on any atom is 0.153 e. The zero-order valence-corrected chi connectivity index (χ0v) is 11.5. The van der Waals surface area contributed by atoms with Gasteiger partial charge in [-0.2, -0.15) is 0 Å². The highest BCUT2D eigenvalue weighted by atomic mass is 35.5. The molecule has 0 aliphatic rings. The summed E-state index contributed by atoms with van der Waals surface area (Å²) in [5, 5.41) is 0.657. The largest absolute Gasteiger partial charge is 0.483 e. The standard InChI is InChI=1S/C15H12ClFN2O/c1-9(20-12-5-2-10(16)3-6-12)15-18-13-7-4-11(17)8-14(13)19-15/h2-9H,1H3,(H,18,19)/t9-/m0/s1. The van der Waals surface area contributed by atoms with Gasteiger partial charge in [-0.05, 0) is 49.4 Å². The van der Waals surface area contributed by atoms with Gasteiger partial charge in [0.1, 0.15) is 17.4 Å². The summed E-state index contributed by atoms with van der Waals surface area (Å²) in [6.45, 7) is 1.88. The van der Waals surface area contributed by atoms with Crippen molar-refractivity contribution in [3.8, 4) is 5.75 Å². The molecule has 3 nitrogen and oxygen atoms in total. The quantitative estimate of drug-likeness (QED) is 0.771. The Morgan fingerprint density at radius 2 is 1.95 bits per heavy atom. The molecule has 3 rings (SSSR count). The molecule has 1 atom stereocenters. The first-order chi connectivity index (χ1) is 9.61. The Morgan fingerprint density at radius 1 is 1.20 bits per heavy atom. The molecule has 0 spiro atoms. The van der Waals surface area contributed by atoms with Crippen molar-refractivity contribution in [2.24, 2.45) is 0 Å². The van der Waals surface area contributed by atoms with E-state index in [0.29, 0.717) is 27.6 Å². The summed E-state index contributed by atoms with van der Waals surface area (Å²) in [7, 11) is 0. The molecule has 5 heteroatoms. The number of ether oxygens (including phenoxy) is 1. The molecule has 3 aromatic rings. The first kappa shape index (κ1) is 12.9. The van der Waals surface area contributed by atoms with Gasteiger partial charge in [0.25, 0.3) is 0 Å². The molecular weight excluding hydrogens is 279 g/mol. The van der Waals surface area contributed by atoms with Gasteiger partial charge in [-0.3, -0.25) is 0 Å². The van der Waals surface area contributed by atoms with Gasteiger partial charge in [0, 0.05) is 5.02 Å². The van der Waals surface area contributed by atoms with Crippen LogP contribution in [0.4, 0.5) is 4.39 Å². The summed E-state index contributed by atoms with van der Waals surface area (Å²) in [6.07, 6.45) is -0.272. The molecule has 20 heavy (non-hydrogen) atoms. The molecule has 0 amide bonds. The average molecular weight is 291 g/mol. The lowest BCUT2D eigenvalue weighted by molar-refractivity contribution is 0.218. The number of H-pyrrole nitrogens is 1. The molecule has 2 aromatic carbocycles. The van der Waals surface area contributed by atoms with Crippen LogP contribution in [-0.4, -0.2) is 9.97 Å². The number of rotatable bonds is 3. The molecule has 1 N–H and O–H groups in total. The van der Waals surface area contributed by atoms with E-state index in [-0.39, 0.29) is 11.9 Å². The second-order valence-corrected chi connectivity index (χ2v) is 4.93. The molecule has 1 aromatic heterocycles. The van der Waals surface area contributed by atoms with Crippen LogP contribution in [0.15, 0.2) is 42.5 Å². The lowest BCUT2D eigenvalue weighted by atomic mass is 10.3. The fourth-order valence-electron chi connectivity index (χ4n) is 1.97. The third-order valence-electron chi connectivity index (χ3n) is 2.97. The SMILES string of the molecule is C[C@H](Oc1ccc(Cl)cc1)c1nc2ccc(F)cc2[nH]1. The number of hydrogen-bond donors (Lipinski definition) is 1. The molecule has 0 saturated carbocycles. The highest BCUT2D eigenvalue weighted by Gasteiger charge is 2.12. The minimum atomic E-state index is -0.293. The van der Waals surface area contributed by atoms with Crippen LogP contribution in [0.3, 0.4) is 0 Å². The van der Waals surface area contributed by atoms with E-state index in [4.69, 9.17) is 16.3 Å². The zero-order valence-electron chi connectivity index (χ0n) is 10.7. The summed E-state index contributed by atoms with van der Waals surface area (Å²) in [6, 6.07) is 11.6. The van der Waals surface area contributed by atoms with Crippen molar-refractivity contribution in [2.75, 3.05) is 0 Å². The third kappa shape index (κ3) is 2.60. The van der Waals surface area contributed by atoms with E-state index in [1.54, 1.807) is 30.3 Å². The van der Waals surface area contributed by atoms with E-state index in [9.17, 15) is 4.39 Å². The van der Waals surface area contributed by atoms with E-state index in [1.165, 1.54) is 12.1 Å². The zero-order chi connectivity index (χ0) is 14.1. The van der Waals surface area contributed by atoms with E-state index >= 15 is 0 Å². The Morgan fingerprint density at radius 3 is 2.70 bits per heavy atom. The number of fused-ring (bicyclic) bond motifs is 1. The molecule has 0 radical (unpaired) electrons. The van der Waals surface area contributed by atoms with Crippen LogP contribution in [0.1, 0.15) is 18.9 Å². The fourth-order valence-corrected chi connectivity index (χ4v) is 2.09. The maximum atomic E-state index is 13.1. The first-order valence-corrected chi connectivity index (χ1v) is 6.57. The molecule has 0 bridgehead atoms. The summed E-state index contributed by atoms with van der Waals surface area (Å²) in [5.41, 5.74) is 1.37. The molecular formula is C15H12ClFN2O. The van der Waals surface area contributed by atoms with Crippen LogP contribution in [-0.2, 0) is 0 Å². The van der Waals surface area contributed by atoms with Crippen molar-refractivity contribution in [1.29, 1.82) is 0 Å². The van der Waals surface area contributed by atoms with E-state index in [2.05, 4.69) is 9.97 Å². The van der Waals surface area contributed by atoms with Gasteiger partial charge in [-0.15, -0.1) is 0 Å². The Bertz CT molecular complexity index is 739. The van der Waals surface area contributed by atoms with Crippen molar-refractivity contribution in [3.05, 3.63) is 59.1 Å². The first-order valence-electron chi connectivity index (χ1n) is 6.19. The second kappa shape index (κ2) is 5.13. The predicted molar refractivity (Wildman–Crippen MR) is 76.5 cm³/mol. The van der Waals surface area contributed by atoms with Gasteiger partial charge < -0.3 is 9.72 Å². The number of nitrogens with zero attached hydrogens (tertiary/aromatic N) is 1. The number of nitrogens with one attached hydrogen (secondary N) is 1. The number of halogens is 2. The number of aromatic nitrogens is 2. The summed E-state index contributed by atoms with van der Waals surface area (Å²) < 4.78 is 18.9. The van der Waals surface area contributed by atoms with Crippen molar-refractivity contribution in [1.82, 2.24) is 9.97 Å². The molecule has 1 heterocycles. The van der Waals surface area contributed by atoms with Gasteiger partial charge in [0.15, 0.2) is 6.10 Å². The van der Waals surface area contributed by atoms with Crippen LogP contribution in [0.25, 0.3) is 11.0 Å². The van der Waals surface area contributed by atoms with Gasteiger partial charge in [0.05, 0.1) is 11.0 Å². The Kier molecular flexibility index (Phi) is 3.32. The summed E-state index contributed by atoms with van der Waals surface area (Å²) in [5.74, 6) is 1.06. The number of benzene rings is 2. The Labute approximate surface area is 120 Å². The molecule has 0 saturated heterocycles. The third-order valence-corrected chi connectivity index (χ3v) is 3.23. The van der Waals surface area contributed by atoms with Crippen LogP contribution < -0.4 is 4.74 Å². The smallest absolute Gasteiger partial charge is 0.153 e. The minimum Gasteiger partial charge on any atom is -0.483 e. The second-order valence-electron chi connectivity index (χ2n) is 4.50. The molecule has 0 fully saturated rings. The van der Waals surface area contributed by atoms with Gasteiger partial charge in [-0.25, -0.2) is 9.37 Å². The van der Waals surface area contributed by atoms with Crippen molar-refractivity contribution in [2.45, 2.75) is 13.0 Å². The van der Waals surface area contributed by atoms with E-state index in [0.717, 1.165) is 0 Å². The monoisotopic (exact) mass is 290 g/mol. The van der Waals surface area contributed by atoms with Crippen molar-refractivity contribution < 1.29 is 9.13 Å². The number of imidazole rings is 1. The highest BCUT2D eigenvalue weighted by molar-refractivity contribution is 6.30. The molecule has 0 aliphatic carbocycles. The summed E-state index contributed by atoms with van der Waals surface area (Å²) >= 11 is 5.82.